The van der Waals surface area contributed by atoms with Crippen molar-refractivity contribution in [2.24, 2.45) is 0 Å². The minimum atomic E-state index is -3.78. The minimum Gasteiger partial charge on any atom is -0.497 e. The number of carbonyl (C=O) groups excluding carboxylic acids is 1. The van der Waals surface area contributed by atoms with E-state index >= 15 is 0 Å². The molecule has 0 bridgehead atoms. The molecule has 8 heteroatoms. The molecule has 0 heterocycles. The molecule has 3 rings (SSSR count). The second-order valence-electron chi connectivity index (χ2n) is 5.82. The quantitative estimate of drug-likeness (QED) is 0.623. The van der Waals surface area contributed by atoms with Crippen LogP contribution < -0.4 is 14.8 Å². The number of hydrogen-bond donors (Lipinski definition) is 2. The van der Waals surface area contributed by atoms with Crippen LogP contribution in [0.1, 0.15) is 10.4 Å². The summed E-state index contributed by atoms with van der Waals surface area (Å²) >= 11 is 5.80. The second kappa shape index (κ2) is 8.33. The van der Waals surface area contributed by atoms with E-state index in [-0.39, 0.29) is 10.8 Å². The Kier molecular flexibility index (Phi) is 5.87. The molecule has 0 fully saturated rings. The molecule has 0 aromatic heterocycles. The standard InChI is InChI=1S/C20H17ClN2O4S/c1-27-18-4-2-3-17(13-18)22-20(24)14-5-11-19(12-6-14)28(25,26)23-16-9-7-15(21)8-10-16/h2-13,23H,1H3,(H,22,24). The van der Waals surface area contributed by atoms with Crippen molar-refractivity contribution in [3.05, 3.63) is 83.4 Å². The molecule has 0 spiro atoms. The average molecular weight is 417 g/mol. The van der Waals surface area contributed by atoms with E-state index < -0.39 is 10.0 Å². The van der Waals surface area contributed by atoms with Crippen LogP contribution >= 0.6 is 11.6 Å². The number of rotatable bonds is 6. The Morgan fingerprint density at radius 3 is 2.25 bits per heavy atom. The smallest absolute Gasteiger partial charge is 0.261 e. The van der Waals surface area contributed by atoms with Crippen LogP contribution in [0.25, 0.3) is 0 Å². The first-order chi connectivity index (χ1) is 13.4. The van der Waals surface area contributed by atoms with E-state index in [1.165, 1.54) is 31.4 Å². The third-order valence-corrected chi connectivity index (χ3v) is 5.50. The van der Waals surface area contributed by atoms with Gasteiger partial charge in [0.25, 0.3) is 15.9 Å². The lowest BCUT2D eigenvalue weighted by Gasteiger charge is -2.10. The first-order valence-corrected chi connectivity index (χ1v) is 10.1. The summed E-state index contributed by atoms with van der Waals surface area (Å²) in [6, 6.07) is 18.9. The van der Waals surface area contributed by atoms with Crippen molar-refractivity contribution in [3.63, 3.8) is 0 Å². The predicted octanol–water partition coefficient (Wildman–Crippen LogP) is 4.40. The summed E-state index contributed by atoms with van der Waals surface area (Å²) in [5.74, 6) is 0.260. The van der Waals surface area contributed by atoms with Gasteiger partial charge in [-0.3, -0.25) is 9.52 Å². The molecule has 3 aromatic carbocycles. The van der Waals surface area contributed by atoms with Crippen molar-refractivity contribution in [2.75, 3.05) is 17.1 Å². The monoisotopic (exact) mass is 416 g/mol. The summed E-state index contributed by atoms with van der Waals surface area (Å²) in [6.07, 6.45) is 0. The maximum absolute atomic E-state index is 12.5. The minimum absolute atomic E-state index is 0.0420. The van der Waals surface area contributed by atoms with Crippen molar-refractivity contribution in [1.29, 1.82) is 0 Å². The van der Waals surface area contributed by atoms with Crippen molar-refractivity contribution >= 4 is 38.9 Å². The van der Waals surface area contributed by atoms with Gasteiger partial charge in [-0.1, -0.05) is 17.7 Å². The Balaban J connectivity index is 1.72. The number of amides is 1. The summed E-state index contributed by atoms with van der Waals surface area (Å²) in [6.45, 7) is 0. The summed E-state index contributed by atoms with van der Waals surface area (Å²) in [5.41, 5.74) is 1.29. The van der Waals surface area contributed by atoms with Gasteiger partial charge in [-0.15, -0.1) is 0 Å². The van der Waals surface area contributed by atoms with E-state index in [4.69, 9.17) is 16.3 Å². The van der Waals surface area contributed by atoms with Crippen molar-refractivity contribution in [3.8, 4) is 5.75 Å². The van der Waals surface area contributed by atoms with Crippen LogP contribution in [0.15, 0.2) is 77.7 Å². The van der Waals surface area contributed by atoms with Gasteiger partial charge < -0.3 is 10.1 Å². The number of nitrogens with one attached hydrogen (secondary N) is 2. The van der Waals surface area contributed by atoms with E-state index in [0.29, 0.717) is 27.7 Å². The third kappa shape index (κ3) is 4.82. The molecule has 1 amide bonds. The van der Waals surface area contributed by atoms with Crippen LogP contribution in [0, 0.1) is 0 Å². The zero-order chi connectivity index (χ0) is 20.1. The SMILES string of the molecule is COc1cccc(NC(=O)c2ccc(S(=O)(=O)Nc3ccc(Cl)cc3)cc2)c1. The molecule has 0 radical (unpaired) electrons. The van der Waals surface area contributed by atoms with Gasteiger partial charge in [-0.25, -0.2) is 8.42 Å². The summed E-state index contributed by atoms with van der Waals surface area (Å²) in [4.78, 5) is 12.4. The van der Waals surface area contributed by atoms with Gasteiger partial charge in [-0.05, 0) is 60.7 Å². The molecule has 0 aliphatic heterocycles. The van der Waals surface area contributed by atoms with Gasteiger partial charge >= 0.3 is 0 Å². The number of carbonyl (C=O) groups is 1. The molecule has 0 atom stereocenters. The number of halogens is 1. The fourth-order valence-electron chi connectivity index (χ4n) is 2.42. The first-order valence-electron chi connectivity index (χ1n) is 8.21. The van der Waals surface area contributed by atoms with Crippen molar-refractivity contribution in [2.45, 2.75) is 4.90 Å². The van der Waals surface area contributed by atoms with Gasteiger partial charge in [0.1, 0.15) is 5.75 Å². The van der Waals surface area contributed by atoms with Gasteiger partial charge in [0.05, 0.1) is 12.0 Å². The van der Waals surface area contributed by atoms with Gasteiger partial charge in [0.15, 0.2) is 0 Å². The summed E-state index contributed by atoms with van der Waals surface area (Å²) < 4.78 is 32.5. The average Bonchev–Trinajstić information content (AvgIpc) is 2.70. The van der Waals surface area contributed by atoms with E-state index in [2.05, 4.69) is 10.0 Å². The third-order valence-electron chi connectivity index (χ3n) is 3.85. The maximum atomic E-state index is 12.5. The molecule has 0 unspecified atom stereocenters. The van der Waals surface area contributed by atoms with Crippen LogP contribution in [0.2, 0.25) is 5.02 Å². The highest BCUT2D eigenvalue weighted by atomic mass is 35.5. The Labute approximate surface area is 168 Å². The second-order valence-corrected chi connectivity index (χ2v) is 7.94. The lowest BCUT2D eigenvalue weighted by Crippen LogP contribution is -2.14. The maximum Gasteiger partial charge on any atom is 0.261 e. The highest BCUT2D eigenvalue weighted by molar-refractivity contribution is 7.92. The lowest BCUT2D eigenvalue weighted by molar-refractivity contribution is 0.102. The molecule has 0 saturated carbocycles. The first kappa shape index (κ1) is 19.7. The van der Waals surface area contributed by atoms with Crippen molar-refractivity contribution < 1.29 is 17.9 Å². The zero-order valence-corrected chi connectivity index (χ0v) is 16.4. The molecule has 6 nitrogen and oxygen atoms in total. The highest BCUT2D eigenvalue weighted by Crippen LogP contribution is 2.20. The number of anilines is 2. The van der Waals surface area contributed by atoms with Crippen LogP contribution in [0.5, 0.6) is 5.75 Å². The fourth-order valence-corrected chi connectivity index (χ4v) is 3.61. The molecule has 0 aliphatic rings. The van der Waals surface area contributed by atoms with Gasteiger partial charge in [-0.2, -0.15) is 0 Å². The van der Waals surface area contributed by atoms with E-state index in [1.807, 2.05) is 0 Å². The largest absolute Gasteiger partial charge is 0.497 e. The van der Waals surface area contributed by atoms with Crippen molar-refractivity contribution in [1.82, 2.24) is 0 Å². The Morgan fingerprint density at radius 2 is 1.61 bits per heavy atom. The van der Waals surface area contributed by atoms with Crippen LogP contribution in [0.4, 0.5) is 11.4 Å². The molecule has 28 heavy (non-hydrogen) atoms. The number of sulfonamides is 1. The molecule has 3 aromatic rings. The Bertz CT molecular complexity index is 1080. The normalized spacial score (nSPS) is 10.9. The van der Waals surface area contributed by atoms with Crippen LogP contribution in [-0.4, -0.2) is 21.4 Å². The number of benzene rings is 3. The molecule has 144 valence electrons. The van der Waals surface area contributed by atoms with Crippen LogP contribution in [0.3, 0.4) is 0 Å². The zero-order valence-electron chi connectivity index (χ0n) is 14.8. The molecular formula is C20H17ClN2O4S. The van der Waals surface area contributed by atoms with Gasteiger partial charge in [0, 0.05) is 28.0 Å². The Morgan fingerprint density at radius 1 is 0.929 bits per heavy atom. The molecule has 2 N–H and O–H groups in total. The van der Waals surface area contributed by atoms with Crippen LogP contribution in [-0.2, 0) is 10.0 Å². The molecular weight excluding hydrogens is 400 g/mol. The number of ether oxygens (including phenoxy) is 1. The predicted molar refractivity (Wildman–Crippen MR) is 110 cm³/mol. The van der Waals surface area contributed by atoms with Gasteiger partial charge in [0.2, 0.25) is 0 Å². The fraction of sp³-hybridized carbons (Fsp3) is 0.0500. The Hall–Kier alpha value is -3.03. The summed E-state index contributed by atoms with van der Waals surface area (Å²) in [5, 5.41) is 3.25. The number of methoxy groups -OCH3 is 1. The number of hydrogen-bond acceptors (Lipinski definition) is 4. The molecule has 0 aliphatic carbocycles. The lowest BCUT2D eigenvalue weighted by atomic mass is 10.2. The highest BCUT2D eigenvalue weighted by Gasteiger charge is 2.15. The topological polar surface area (TPSA) is 84.5 Å². The molecule has 0 saturated heterocycles. The van der Waals surface area contributed by atoms with E-state index in [1.54, 1.807) is 48.5 Å². The van der Waals surface area contributed by atoms with E-state index in [9.17, 15) is 13.2 Å². The summed E-state index contributed by atoms with van der Waals surface area (Å²) in [7, 11) is -2.24. The van der Waals surface area contributed by atoms with E-state index in [0.717, 1.165) is 0 Å².